The number of hydrogen-bond donors (Lipinski definition) is 2. The second-order valence-corrected chi connectivity index (χ2v) is 7.77. The molecule has 0 bridgehead atoms. The molecule has 0 unspecified atom stereocenters. The first-order valence-corrected chi connectivity index (χ1v) is 9.47. The van der Waals surface area contributed by atoms with Gasteiger partial charge in [0.05, 0.1) is 10.9 Å². The Morgan fingerprint density at radius 2 is 1.72 bits per heavy atom. The maximum absolute atomic E-state index is 12.4. The molecule has 0 aromatic heterocycles. The zero-order chi connectivity index (χ0) is 18.6. The first kappa shape index (κ1) is 19.4. The molecule has 0 spiro atoms. The lowest BCUT2D eigenvalue weighted by molar-refractivity contribution is -0.120. The van der Waals surface area contributed by atoms with Gasteiger partial charge in [-0.3, -0.25) is 9.69 Å². The molecular formula is C17H20ClN3O3S. The third-order valence-corrected chi connectivity index (χ3v) is 5.02. The molecule has 1 atom stereocenters. The smallest absolute Gasteiger partial charge is 0.241 e. The van der Waals surface area contributed by atoms with E-state index < -0.39 is 10.0 Å². The van der Waals surface area contributed by atoms with Crippen molar-refractivity contribution in [2.75, 3.05) is 12.4 Å². The van der Waals surface area contributed by atoms with Crippen LogP contribution in [-0.4, -0.2) is 32.3 Å². The molecule has 25 heavy (non-hydrogen) atoms. The summed E-state index contributed by atoms with van der Waals surface area (Å²) in [6.07, 6.45) is 0. The normalized spacial score (nSPS) is 12.8. The number of anilines is 1. The second-order valence-electron chi connectivity index (χ2n) is 5.78. The first-order valence-electron chi connectivity index (χ1n) is 7.55. The molecule has 2 aromatic rings. The summed E-state index contributed by atoms with van der Waals surface area (Å²) in [7, 11) is -1.90. The van der Waals surface area contributed by atoms with Crippen molar-refractivity contribution in [2.24, 2.45) is 5.14 Å². The molecule has 0 aliphatic rings. The zero-order valence-corrected chi connectivity index (χ0v) is 15.5. The van der Waals surface area contributed by atoms with Gasteiger partial charge in [0, 0.05) is 17.3 Å². The second kappa shape index (κ2) is 7.97. The maximum Gasteiger partial charge on any atom is 0.241 e. The van der Waals surface area contributed by atoms with Gasteiger partial charge in [-0.2, -0.15) is 0 Å². The summed E-state index contributed by atoms with van der Waals surface area (Å²) in [5, 5.41) is 8.47. The molecule has 0 radical (unpaired) electrons. The Bertz CT molecular complexity index is 836. The van der Waals surface area contributed by atoms with Crippen molar-refractivity contribution in [1.82, 2.24) is 4.90 Å². The number of halogens is 1. The fourth-order valence-electron chi connectivity index (χ4n) is 2.19. The number of primary sulfonamides is 1. The molecule has 2 rings (SSSR count). The summed E-state index contributed by atoms with van der Waals surface area (Å²) in [6, 6.07) is 12.8. The number of rotatable bonds is 6. The van der Waals surface area contributed by atoms with E-state index in [0.717, 1.165) is 5.56 Å². The van der Waals surface area contributed by atoms with Crippen LogP contribution in [0.5, 0.6) is 0 Å². The molecule has 1 amide bonds. The quantitative estimate of drug-likeness (QED) is 0.803. The van der Waals surface area contributed by atoms with E-state index in [0.29, 0.717) is 17.3 Å². The number of sulfonamides is 1. The van der Waals surface area contributed by atoms with Crippen LogP contribution in [0.25, 0.3) is 0 Å². The average molecular weight is 382 g/mol. The monoisotopic (exact) mass is 381 g/mol. The molecular weight excluding hydrogens is 362 g/mol. The van der Waals surface area contributed by atoms with E-state index in [1.807, 2.05) is 36.2 Å². The summed E-state index contributed by atoms with van der Waals surface area (Å²) in [5.74, 6) is -0.195. The van der Waals surface area contributed by atoms with Crippen LogP contribution >= 0.6 is 11.6 Å². The van der Waals surface area contributed by atoms with Crippen molar-refractivity contribution >= 4 is 33.2 Å². The van der Waals surface area contributed by atoms with E-state index >= 15 is 0 Å². The van der Waals surface area contributed by atoms with E-state index in [-0.39, 0.29) is 16.8 Å². The lowest BCUT2D eigenvalue weighted by Gasteiger charge is -2.24. The summed E-state index contributed by atoms with van der Waals surface area (Å²) in [4.78, 5) is 14.3. The topological polar surface area (TPSA) is 92.5 Å². The van der Waals surface area contributed by atoms with Crippen LogP contribution in [0.1, 0.15) is 12.5 Å². The van der Waals surface area contributed by atoms with Crippen LogP contribution in [0.2, 0.25) is 5.02 Å². The number of amides is 1. The number of nitrogens with one attached hydrogen (secondary N) is 1. The molecule has 0 aliphatic carbocycles. The molecule has 0 aliphatic heterocycles. The van der Waals surface area contributed by atoms with E-state index in [1.165, 1.54) is 24.3 Å². The van der Waals surface area contributed by atoms with E-state index in [4.69, 9.17) is 16.7 Å². The fourth-order valence-corrected chi connectivity index (χ4v) is 2.83. The highest BCUT2D eigenvalue weighted by Gasteiger charge is 2.18. The average Bonchev–Trinajstić information content (AvgIpc) is 2.55. The predicted molar refractivity (Wildman–Crippen MR) is 98.8 cm³/mol. The molecule has 3 N–H and O–H groups in total. The molecule has 2 aromatic carbocycles. The minimum absolute atomic E-state index is 0.00148. The molecule has 8 heteroatoms. The van der Waals surface area contributed by atoms with Gasteiger partial charge in [0.2, 0.25) is 15.9 Å². The van der Waals surface area contributed by atoms with Gasteiger partial charge in [0.1, 0.15) is 0 Å². The van der Waals surface area contributed by atoms with Gasteiger partial charge >= 0.3 is 0 Å². The number of nitrogens with two attached hydrogens (primary N) is 1. The number of benzene rings is 2. The summed E-state index contributed by atoms with van der Waals surface area (Å²) in [6.45, 7) is 2.39. The van der Waals surface area contributed by atoms with Crippen molar-refractivity contribution in [3.05, 3.63) is 59.1 Å². The van der Waals surface area contributed by atoms with Crippen LogP contribution in [0, 0.1) is 0 Å². The summed E-state index contributed by atoms with van der Waals surface area (Å²) in [5.41, 5.74) is 1.55. The van der Waals surface area contributed by atoms with Crippen LogP contribution in [0.15, 0.2) is 53.4 Å². The van der Waals surface area contributed by atoms with Crippen LogP contribution in [0.3, 0.4) is 0 Å². The van der Waals surface area contributed by atoms with Gasteiger partial charge in [0.25, 0.3) is 0 Å². The minimum atomic E-state index is -3.75. The summed E-state index contributed by atoms with van der Waals surface area (Å²) >= 11 is 5.87. The molecule has 0 heterocycles. The SMILES string of the molecule is C[C@H](C(=O)Nc1ccc(S(N)(=O)=O)cc1)N(C)Cc1ccc(Cl)cc1. The third kappa shape index (κ3) is 5.54. The molecule has 0 saturated heterocycles. The van der Waals surface area contributed by atoms with Gasteiger partial charge in [0.15, 0.2) is 0 Å². The molecule has 0 saturated carbocycles. The van der Waals surface area contributed by atoms with Gasteiger partial charge in [-0.25, -0.2) is 13.6 Å². The maximum atomic E-state index is 12.4. The standard InChI is InChI=1S/C17H20ClN3O3S/c1-12(21(2)11-13-3-5-14(18)6-4-13)17(22)20-15-7-9-16(10-8-15)25(19,23)24/h3-10,12H,11H2,1-2H3,(H,20,22)(H2,19,23,24)/t12-/m1/s1. The lowest BCUT2D eigenvalue weighted by Crippen LogP contribution is -2.39. The Labute approximate surface area is 152 Å². The molecule has 6 nitrogen and oxygen atoms in total. The van der Waals surface area contributed by atoms with Crippen LogP contribution < -0.4 is 10.5 Å². The first-order chi connectivity index (χ1) is 11.7. The van der Waals surface area contributed by atoms with Gasteiger partial charge in [-0.05, 0) is 55.9 Å². The summed E-state index contributed by atoms with van der Waals surface area (Å²) < 4.78 is 22.5. The van der Waals surface area contributed by atoms with E-state index in [2.05, 4.69) is 5.32 Å². The minimum Gasteiger partial charge on any atom is -0.325 e. The van der Waals surface area contributed by atoms with Crippen molar-refractivity contribution in [3.63, 3.8) is 0 Å². The Balaban J connectivity index is 1.98. The van der Waals surface area contributed by atoms with E-state index in [9.17, 15) is 13.2 Å². The van der Waals surface area contributed by atoms with Gasteiger partial charge < -0.3 is 5.32 Å². The largest absolute Gasteiger partial charge is 0.325 e. The van der Waals surface area contributed by atoms with Crippen molar-refractivity contribution in [1.29, 1.82) is 0 Å². The molecule has 0 fully saturated rings. The number of nitrogens with zero attached hydrogens (tertiary/aromatic N) is 1. The fraction of sp³-hybridized carbons (Fsp3) is 0.235. The highest BCUT2D eigenvalue weighted by Crippen LogP contribution is 2.15. The highest BCUT2D eigenvalue weighted by molar-refractivity contribution is 7.89. The number of carbonyl (C=O) groups excluding carboxylic acids is 1. The number of carbonyl (C=O) groups is 1. The lowest BCUT2D eigenvalue weighted by atomic mass is 10.2. The predicted octanol–water partition coefficient (Wildman–Crippen LogP) is 2.45. The molecule has 134 valence electrons. The third-order valence-electron chi connectivity index (χ3n) is 3.84. The van der Waals surface area contributed by atoms with Crippen molar-refractivity contribution in [3.8, 4) is 0 Å². The Morgan fingerprint density at radius 3 is 2.24 bits per heavy atom. The van der Waals surface area contributed by atoms with E-state index in [1.54, 1.807) is 6.92 Å². The highest BCUT2D eigenvalue weighted by atomic mass is 35.5. The van der Waals surface area contributed by atoms with Crippen LogP contribution in [-0.2, 0) is 21.4 Å². The van der Waals surface area contributed by atoms with Crippen LogP contribution in [0.4, 0.5) is 5.69 Å². The van der Waals surface area contributed by atoms with Gasteiger partial charge in [-0.15, -0.1) is 0 Å². The Morgan fingerprint density at radius 1 is 1.16 bits per heavy atom. The van der Waals surface area contributed by atoms with Gasteiger partial charge in [-0.1, -0.05) is 23.7 Å². The number of likely N-dealkylation sites (N-methyl/N-ethyl adjacent to an activating group) is 1. The number of hydrogen-bond acceptors (Lipinski definition) is 4. The zero-order valence-electron chi connectivity index (χ0n) is 13.9. The Kier molecular flexibility index (Phi) is 6.18. The Hall–Kier alpha value is -1.93. The van der Waals surface area contributed by atoms with Crippen molar-refractivity contribution in [2.45, 2.75) is 24.4 Å². The van der Waals surface area contributed by atoms with Crippen molar-refractivity contribution < 1.29 is 13.2 Å².